The van der Waals surface area contributed by atoms with E-state index in [1.165, 1.54) is 0 Å². The predicted molar refractivity (Wildman–Crippen MR) is 61.0 cm³/mol. The lowest BCUT2D eigenvalue weighted by Gasteiger charge is -2.22. The standard InChI is InChI=1S/C11H19N3O2/c1-5-8(9-6-12-7-13-9)14-10(15)16-11(2,3)4/h6-8H,5H2,1-4H3,(H,12,13)(H,14,15)/t8-/m1/s1. The second-order valence-electron chi connectivity index (χ2n) is 4.61. The number of hydrogen-bond acceptors (Lipinski definition) is 3. The minimum absolute atomic E-state index is 0.0858. The van der Waals surface area contributed by atoms with Crippen LogP contribution in [0.15, 0.2) is 12.5 Å². The molecule has 1 atom stereocenters. The average Bonchev–Trinajstić information content (AvgIpc) is 2.63. The molecule has 0 fully saturated rings. The van der Waals surface area contributed by atoms with Gasteiger partial charge in [0.1, 0.15) is 5.60 Å². The average molecular weight is 225 g/mol. The monoisotopic (exact) mass is 225 g/mol. The van der Waals surface area contributed by atoms with Crippen LogP contribution in [0, 0.1) is 0 Å². The summed E-state index contributed by atoms with van der Waals surface area (Å²) >= 11 is 0. The number of hydrogen-bond donors (Lipinski definition) is 2. The van der Waals surface area contributed by atoms with Crippen molar-refractivity contribution >= 4 is 6.09 Å². The summed E-state index contributed by atoms with van der Waals surface area (Å²) in [4.78, 5) is 18.5. The summed E-state index contributed by atoms with van der Waals surface area (Å²) in [6.07, 6.45) is 3.66. The highest BCUT2D eigenvalue weighted by atomic mass is 16.6. The van der Waals surface area contributed by atoms with Crippen molar-refractivity contribution in [2.24, 2.45) is 0 Å². The molecule has 0 aliphatic rings. The Bertz CT molecular complexity index is 327. The molecule has 0 saturated carbocycles. The normalized spacial score (nSPS) is 13.2. The fourth-order valence-electron chi connectivity index (χ4n) is 1.31. The van der Waals surface area contributed by atoms with E-state index < -0.39 is 11.7 Å². The number of aromatic amines is 1. The van der Waals surface area contributed by atoms with E-state index in [1.54, 1.807) is 12.5 Å². The third-order valence-electron chi connectivity index (χ3n) is 1.99. The molecule has 5 heteroatoms. The van der Waals surface area contributed by atoms with E-state index in [-0.39, 0.29) is 6.04 Å². The van der Waals surface area contributed by atoms with Gasteiger partial charge < -0.3 is 15.0 Å². The SMILES string of the molecule is CC[C@@H](NC(=O)OC(C)(C)C)c1cnc[nH]1. The van der Waals surface area contributed by atoms with E-state index in [0.717, 1.165) is 12.1 Å². The van der Waals surface area contributed by atoms with Crippen LogP contribution in [0.4, 0.5) is 4.79 Å². The van der Waals surface area contributed by atoms with Gasteiger partial charge in [0.15, 0.2) is 0 Å². The number of nitrogens with one attached hydrogen (secondary N) is 2. The van der Waals surface area contributed by atoms with Crippen LogP contribution in [0.5, 0.6) is 0 Å². The summed E-state index contributed by atoms with van der Waals surface area (Å²) in [6, 6.07) is -0.0858. The van der Waals surface area contributed by atoms with Crippen LogP contribution in [0.2, 0.25) is 0 Å². The molecule has 16 heavy (non-hydrogen) atoms. The van der Waals surface area contributed by atoms with Crippen molar-refractivity contribution in [3.8, 4) is 0 Å². The number of ether oxygens (including phenoxy) is 1. The lowest BCUT2D eigenvalue weighted by molar-refractivity contribution is 0.0501. The molecule has 1 heterocycles. The lowest BCUT2D eigenvalue weighted by Crippen LogP contribution is -2.34. The molecule has 0 aromatic carbocycles. The fourth-order valence-corrected chi connectivity index (χ4v) is 1.31. The molecule has 1 rings (SSSR count). The molecule has 1 amide bonds. The molecule has 0 bridgehead atoms. The Morgan fingerprint density at radius 3 is 2.75 bits per heavy atom. The molecule has 0 aliphatic carbocycles. The molecule has 0 spiro atoms. The van der Waals surface area contributed by atoms with Crippen molar-refractivity contribution in [3.63, 3.8) is 0 Å². The Morgan fingerprint density at radius 1 is 1.62 bits per heavy atom. The summed E-state index contributed by atoms with van der Waals surface area (Å²) < 4.78 is 5.18. The minimum atomic E-state index is -0.476. The molecule has 1 aromatic heterocycles. The highest BCUT2D eigenvalue weighted by Gasteiger charge is 2.19. The Labute approximate surface area is 95.6 Å². The highest BCUT2D eigenvalue weighted by Crippen LogP contribution is 2.14. The molecular formula is C11H19N3O2. The van der Waals surface area contributed by atoms with E-state index >= 15 is 0 Å². The molecule has 90 valence electrons. The zero-order chi connectivity index (χ0) is 12.2. The first kappa shape index (κ1) is 12.5. The van der Waals surface area contributed by atoms with Crippen molar-refractivity contribution in [1.29, 1.82) is 0 Å². The van der Waals surface area contributed by atoms with E-state index in [1.807, 2.05) is 27.7 Å². The molecular weight excluding hydrogens is 206 g/mol. The summed E-state index contributed by atoms with van der Waals surface area (Å²) in [6.45, 7) is 7.50. The number of nitrogens with zero attached hydrogens (tertiary/aromatic N) is 1. The molecule has 0 aliphatic heterocycles. The van der Waals surface area contributed by atoms with Crippen molar-refractivity contribution in [2.75, 3.05) is 0 Å². The number of carbonyl (C=O) groups excluding carboxylic acids is 1. The van der Waals surface area contributed by atoms with Gasteiger partial charge in [-0.25, -0.2) is 9.78 Å². The number of aromatic nitrogens is 2. The van der Waals surface area contributed by atoms with Gasteiger partial charge in [-0.2, -0.15) is 0 Å². The Morgan fingerprint density at radius 2 is 2.31 bits per heavy atom. The summed E-state index contributed by atoms with van der Waals surface area (Å²) in [5, 5.41) is 2.79. The summed E-state index contributed by atoms with van der Waals surface area (Å²) in [5.41, 5.74) is 0.407. The quantitative estimate of drug-likeness (QED) is 0.830. The first-order valence-corrected chi connectivity index (χ1v) is 5.40. The van der Waals surface area contributed by atoms with E-state index in [4.69, 9.17) is 4.74 Å². The van der Waals surface area contributed by atoms with Crippen LogP contribution in [0.1, 0.15) is 45.9 Å². The van der Waals surface area contributed by atoms with Gasteiger partial charge in [0, 0.05) is 0 Å². The molecule has 5 nitrogen and oxygen atoms in total. The number of amides is 1. The second kappa shape index (κ2) is 5.01. The maximum atomic E-state index is 11.6. The van der Waals surface area contributed by atoms with Gasteiger partial charge in [0.05, 0.1) is 24.3 Å². The van der Waals surface area contributed by atoms with E-state index in [0.29, 0.717) is 0 Å². The largest absolute Gasteiger partial charge is 0.444 e. The van der Waals surface area contributed by atoms with Crippen molar-refractivity contribution in [2.45, 2.75) is 45.8 Å². The topological polar surface area (TPSA) is 67.0 Å². The number of imidazole rings is 1. The number of H-pyrrole nitrogens is 1. The number of alkyl carbamates (subject to hydrolysis) is 1. The summed E-state index contributed by atoms with van der Waals surface area (Å²) in [7, 11) is 0. The van der Waals surface area contributed by atoms with Crippen LogP contribution in [0.25, 0.3) is 0 Å². The minimum Gasteiger partial charge on any atom is -0.444 e. The van der Waals surface area contributed by atoms with Gasteiger partial charge in [0.25, 0.3) is 0 Å². The molecule has 2 N–H and O–H groups in total. The van der Waals surface area contributed by atoms with Crippen LogP contribution < -0.4 is 5.32 Å². The third-order valence-corrected chi connectivity index (χ3v) is 1.99. The zero-order valence-electron chi connectivity index (χ0n) is 10.2. The Kier molecular flexibility index (Phi) is 3.93. The molecule has 0 radical (unpaired) electrons. The van der Waals surface area contributed by atoms with Gasteiger partial charge in [-0.05, 0) is 27.2 Å². The van der Waals surface area contributed by atoms with Crippen molar-refractivity contribution < 1.29 is 9.53 Å². The maximum absolute atomic E-state index is 11.6. The zero-order valence-corrected chi connectivity index (χ0v) is 10.2. The van der Waals surface area contributed by atoms with Gasteiger partial charge in [-0.1, -0.05) is 6.92 Å². The van der Waals surface area contributed by atoms with Gasteiger partial charge in [-0.15, -0.1) is 0 Å². The third kappa shape index (κ3) is 3.92. The highest BCUT2D eigenvalue weighted by molar-refractivity contribution is 5.68. The van der Waals surface area contributed by atoms with E-state index in [2.05, 4.69) is 15.3 Å². The Hall–Kier alpha value is -1.52. The number of rotatable bonds is 3. The Balaban J connectivity index is 2.55. The van der Waals surface area contributed by atoms with Crippen LogP contribution >= 0.6 is 0 Å². The molecule has 0 saturated heterocycles. The fraction of sp³-hybridized carbons (Fsp3) is 0.636. The van der Waals surface area contributed by atoms with Gasteiger partial charge in [0.2, 0.25) is 0 Å². The van der Waals surface area contributed by atoms with Gasteiger partial charge >= 0.3 is 6.09 Å². The second-order valence-corrected chi connectivity index (χ2v) is 4.61. The smallest absolute Gasteiger partial charge is 0.408 e. The summed E-state index contributed by atoms with van der Waals surface area (Å²) in [5.74, 6) is 0. The predicted octanol–water partition coefficient (Wildman–Crippen LogP) is 2.39. The van der Waals surface area contributed by atoms with Crippen molar-refractivity contribution in [1.82, 2.24) is 15.3 Å². The van der Waals surface area contributed by atoms with Crippen LogP contribution in [-0.2, 0) is 4.74 Å². The van der Waals surface area contributed by atoms with Crippen LogP contribution in [-0.4, -0.2) is 21.7 Å². The van der Waals surface area contributed by atoms with Crippen molar-refractivity contribution in [3.05, 3.63) is 18.2 Å². The maximum Gasteiger partial charge on any atom is 0.408 e. The molecule has 1 aromatic rings. The van der Waals surface area contributed by atoms with Crippen LogP contribution in [0.3, 0.4) is 0 Å². The number of carbonyl (C=O) groups is 1. The first-order valence-electron chi connectivity index (χ1n) is 5.40. The van der Waals surface area contributed by atoms with E-state index in [9.17, 15) is 4.79 Å². The van der Waals surface area contributed by atoms with Gasteiger partial charge in [-0.3, -0.25) is 0 Å². The lowest BCUT2D eigenvalue weighted by atomic mass is 10.2. The molecule has 0 unspecified atom stereocenters. The first-order chi connectivity index (χ1) is 7.42.